The molecular formula is C25H24ClF3N4O5. The van der Waals surface area contributed by atoms with Crippen molar-refractivity contribution in [3.05, 3.63) is 80.0 Å². The van der Waals surface area contributed by atoms with Gasteiger partial charge in [-0.1, -0.05) is 29.8 Å². The lowest BCUT2D eigenvalue weighted by Gasteiger charge is -2.35. The van der Waals surface area contributed by atoms with Crippen LogP contribution in [0.4, 0.5) is 24.7 Å². The van der Waals surface area contributed by atoms with Gasteiger partial charge in [0.2, 0.25) is 0 Å². The van der Waals surface area contributed by atoms with Crippen LogP contribution in [0.3, 0.4) is 0 Å². The Balaban J connectivity index is 1.64. The van der Waals surface area contributed by atoms with Crippen molar-refractivity contribution in [3.8, 4) is 11.5 Å². The molecule has 1 heterocycles. The number of nitrogens with one attached hydrogen (secondary N) is 1. The highest BCUT2D eigenvalue weighted by atomic mass is 35.5. The van der Waals surface area contributed by atoms with E-state index in [0.29, 0.717) is 17.9 Å². The zero-order chi connectivity index (χ0) is 27.4. The molecule has 1 saturated carbocycles. The Bertz CT molecular complexity index is 1430. The summed E-state index contributed by atoms with van der Waals surface area (Å²) in [7, 11) is 1.44. The van der Waals surface area contributed by atoms with Gasteiger partial charge in [-0.15, -0.1) is 13.2 Å². The molecule has 0 unspecified atom stereocenters. The zero-order valence-corrected chi connectivity index (χ0v) is 20.9. The number of rotatable bonds is 9. The van der Waals surface area contributed by atoms with Crippen LogP contribution in [0.25, 0.3) is 0 Å². The fourth-order valence-electron chi connectivity index (χ4n) is 4.09. The number of aliphatic hydroxyl groups excluding tert-OH is 1. The molecule has 13 heteroatoms. The smallest absolute Gasteiger partial charge is 0.446 e. The standard InChI is InChI=1S/C25H24ClF3N4O5/c1-32-22(31-14-37-19-3-2-4-20(11-19)38-25(27,28)29)21(30-12-15-5-7-17(26)8-6-15)23(35)33(24(32)36)18-9-16(10-18)13-34/h2-8,11,14,16,18,30,34H,9-10,12-13H2,1H3/b31-14+. The number of anilines is 1. The second-order valence-electron chi connectivity index (χ2n) is 8.74. The lowest BCUT2D eigenvalue weighted by Crippen LogP contribution is -2.46. The van der Waals surface area contributed by atoms with Crippen LogP contribution < -0.4 is 26.0 Å². The summed E-state index contributed by atoms with van der Waals surface area (Å²) >= 11 is 5.94. The van der Waals surface area contributed by atoms with Gasteiger partial charge in [0.05, 0.1) is 0 Å². The third-order valence-electron chi connectivity index (χ3n) is 6.09. The molecule has 1 aromatic heterocycles. The number of aromatic nitrogens is 2. The molecule has 1 aliphatic carbocycles. The van der Waals surface area contributed by atoms with E-state index in [0.717, 1.165) is 28.7 Å². The summed E-state index contributed by atoms with van der Waals surface area (Å²) in [6.07, 6.45) is -2.96. The van der Waals surface area contributed by atoms with E-state index in [-0.39, 0.29) is 42.4 Å². The predicted octanol–water partition coefficient (Wildman–Crippen LogP) is 4.39. The first-order valence-corrected chi connectivity index (χ1v) is 11.9. The quantitative estimate of drug-likeness (QED) is 0.301. The number of halogens is 4. The number of benzene rings is 2. The normalized spacial score (nSPS) is 17.3. The molecular weight excluding hydrogens is 529 g/mol. The van der Waals surface area contributed by atoms with Crippen LogP contribution in [0.1, 0.15) is 24.4 Å². The molecule has 0 saturated heterocycles. The minimum atomic E-state index is -4.86. The highest BCUT2D eigenvalue weighted by Gasteiger charge is 2.34. The maximum Gasteiger partial charge on any atom is 0.573 e. The van der Waals surface area contributed by atoms with Crippen molar-refractivity contribution in [3.63, 3.8) is 0 Å². The molecule has 0 spiro atoms. The minimum Gasteiger partial charge on any atom is -0.446 e. The van der Waals surface area contributed by atoms with Crippen LogP contribution in [0.2, 0.25) is 5.02 Å². The van der Waals surface area contributed by atoms with Crippen molar-refractivity contribution >= 4 is 29.5 Å². The van der Waals surface area contributed by atoms with Gasteiger partial charge in [0.1, 0.15) is 17.2 Å². The van der Waals surface area contributed by atoms with E-state index in [9.17, 15) is 27.9 Å². The summed E-state index contributed by atoms with van der Waals surface area (Å²) in [5, 5.41) is 12.9. The Labute approximate surface area is 219 Å². The summed E-state index contributed by atoms with van der Waals surface area (Å²) in [4.78, 5) is 30.7. The Morgan fingerprint density at radius 3 is 2.50 bits per heavy atom. The van der Waals surface area contributed by atoms with E-state index < -0.39 is 23.4 Å². The number of alkyl halides is 3. The molecule has 1 aliphatic rings. The maximum atomic E-state index is 13.4. The largest absolute Gasteiger partial charge is 0.573 e. The molecule has 202 valence electrons. The van der Waals surface area contributed by atoms with Gasteiger partial charge in [0.25, 0.3) is 5.56 Å². The van der Waals surface area contributed by atoms with Crippen molar-refractivity contribution in [2.75, 3.05) is 11.9 Å². The highest BCUT2D eigenvalue weighted by molar-refractivity contribution is 6.30. The van der Waals surface area contributed by atoms with Gasteiger partial charge in [-0.25, -0.2) is 4.79 Å². The molecule has 0 atom stereocenters. The van der Waals surface area contributed by atoms with E-state index in [4.69, 9.17) is 16.3 Å². The van der Waals surface area contributed by atoms with Gasteiger partial charge < -0.3 is 19.9 Å². The monoisotopic (exact) mass is 552 g/mol. The van der Waals surface area contributed by atoms with E-state index >= 15 is 0 Å². The number of nitrogens with zero attached hydrogens (tertiary/aromatic N) is 3. The molecule has 3 aromatic rings. The Hall–Kier alpha value is -3.77. The van der Waals surface area contributed by atoms with Gasteiger partial charge in [0.15, 0.2) is 12.2 Å². The van der Waals surface area contributed by atoms with Gasteiger partial charge in [0, 0.05) is 37.3 Å². The molecule has 1 fully saturated rings. The number of hydrogen-bond donors (Lipinski definition) is 2. The molecule has 0 radical (unpaired) electrons. The van der Waals surface area contributed by atoms with E-state index in [2.05, 4.69) is 15.0 Å². The van der Waals surface area contributed by atoms with E-state index in [1.54, 1.807) is 24.3 Å². The topological polar surface area (TPSA) is 107 Å². The summed E-state index contributed by atoms with van der Waals surface area (Å²) in [6.45, 7) is 0.191. The predicted molar refractivity (Wildman–Crippen MR) is 135 cm³/mol. The van der Waals surface area contributed by atoms with Gasteiger partial charge in [-0.3, -0.25) is 13.9 Å². The van der Waals surface area contributed by atoms with Crippen LogP contribution in [-0.4, -0.2) is 33.6 Å². The molecule has 4 rings (SSSR count). The third kappa shape index (κ3) is 6.37. The maximum absolute atomic E-state index is 13.4. The first-order chi connectivity index (χ1) is 18.1. The van der Waals surface area contributed by atoms with Crippen molar-refractivity contribution in [1.29, 1.82) is 0 Å². The Morgan fingerprint density at radius 2 is 1.84 bits per heavy atom. The number of hydrogen-bond acceptors (Lipinski definition) is 7. The first-order valence-electron chi connectivity index (χ1n) is 11.6. The average Bonchev–Trinajstić information content (AvgIpc) is 2.83. The number of aliphatic imine (C=N–C) groups is 1. The molecule has 38 heavy (non-hydrogen) atoms. The van der Waals surface area contributed by atoms with Crippen LogP contribution in [0, 0.1) is 5.92 Å². The lowest BCUT2D eigenvalue weighted by atomic mass is 9.81. The van der Waals surface area contributed by atoms with Crippen molar-refractivity contribution in [1.82, 2.24) is 9.13 Å². The molecule has 2 aromatic carbocycles. The Kier molecular flexibility index (Phi) is 8.12. The molecule has 9 nitrogen and oxygen atoms in total. The highest BCUT2D eigenvalue weighted by Crippen LogP contribution is 2.36. The molecule has 0 bridgehead atoms. The first kappa shape index (κ1) is 27.3. The summed E-state index contributed by atoms with van der Waals surface area (Å²) in [5.74, 6) is -0.504. The SMILES string of the molecule is Cn1c(/N=C/Oc2cccc(OC(F)(F)F)c2)c(NCc2ccc(Cl)cc2)c(=O)n(C2CC(CO)C2)c1=O. The third-order valence-corrected chi connectivity index (χ3v) is 6.34. The average molecular weight is 553 g/mol. The van der Waals surface area contributed by atoms with Gasteiger partial charge in [-0.2, -0.15) is 4.99 Å². The molecule has 0 aliphatic heterocycles. The fraction of sp³-hybridized carbons (Fsp3) is 0.320. The van der Waals surface area contributed by atoms with Gasteiger partial charge >= 0.3 is 12.1 Å². The van der Waals surface area contributed by atoms with Crippen LogP contribution in [0.5, 0.6) is 11.5 Å². The summed E-state index contributed by atoms with van der Waals surface area (Å²) < 4.78 is 49.1. The minimum absolute atomic E-state index is 0.00553. The lowest BCUT2D eigenvalue weighted by molar-refractivity contribution is -0.274. The van der Waals surface area contributed by atoms with E-state index in [1.807, 2.05) is 0 Å². The van der Waals surface area contributed by atoms with Crippen LogP contribution in [0.15, 0.2) is 63.1 Å². The molecule has 0 amide bonds. The van der Waals surface area contributed by atoms with E-state index in [1.165, 1.54) is 23.7 Å². The van der Waals surface area contributed by atoms with Crippen LogP contribution >= 0.6 is 11.6 Å². The second kappa shape index (κ2) is 11.3. The summed E-state index contributed by atoms with van der Waals surface area (Å²) in [5.41, 5.74) is -0.341. The summed E-state index contributed by atoms with van der Waals surface area (Å²) in [6, 6.07) is 11.4. The van der Waals surface area contributed by atoms with Crippen molar-refractivity contribution in [2.24, 2.45) is 18.0 Å². The zero-order valence-electron chi connectivity index (χ0n) is 20.1. The van der Waals surface area contributed by atoms with Crippen LogP contribution in [-0.2, 0) is 13.6 Å². The fourth-order valence-corrected chi connectivity index (χ4v) is 4.21. The number of aliphatic hydroxyl groups is 1. The number of ether oxygens (including phenoxy) is 2. The van der Waals surface area contributed by atoms with Crippen molar-refractivity contribution < 1.29 is 27.8 Å². The Morgan fingerprint density at radius 1 is 1.16 bits per heavy atom. The van der Waals surface area contributed by atoms with Gasteiger partial charge in [-0.05, 0) is 48.6 Å². The van der Waals surface area contributed by atoms with Crippen molar-refractivity contribution in [2.45, 2.75) is 31.8 Å². The second-order valence-corrected chi connectivity index (χ2v) is 9.18. The molecule has 2 N–H and O–H groups in total.